The maximum atomic E-state index is 12.4. The fourth-order valence-electron chi connectivity index (χ4n) is 2.36. The molecule has 0 atom stereocenters. The van der Waals surface area contributed by atoms with E-state index in [2.05, 4.69) is 41.6 Å². The Morgan fingerprint density at radius 2 is 1.79 bits per heavy atom. The van der Waals surface area contributed by atoms with Crippen LogP contribution in [-0.4, -0.2) is 21.9 Å². The van der Waals surface area contributed by atoms with Crippen LogP contribution in [0, 0.1) is 6.92 Å². The van der Waals surface area contributed by atoms with Gasteiger partial charge in [0, 0.05) is 16.5 Å². The lowest BCUT2D eigenvalue weighted by Crippen LogP contribution is -2.16. The number of thioether (sulfide) groups is 1. The Kier molecular flexibility index (Phi) is 5.01. The zero-order valence-electron chi connectivity index (χ0n) is 13.7. The van der Waals surface area contributed by atoms with Crippen molar-refractivity contribution in [3.63, 3.8) is 0 Å². The lowest BCUT2D eigenvalue weighted by atomic mass is 10.1. The van der Waals surface area contributed by atoms with Gasteiger partial charge in [-0.05, 0) is 43.0 Å². The molecule has 122 valence electrons. The average Bonchev–Trinajstić information content (AvgIpc) is 3.03. The summed E-state index contributed by atoms with van der Waals surface area (Å²) in [7, 11) is 0. The van der Waals surface area contributed by atoms with Gasteiger partial charge in [-0.3, -0.25) is 4.79 Å². The van der Waals surface area contributed by atoms with E-state index in [0.29, 0.717) is 17.9 Å². The minimum atomic E-state index is -0.131. The lowest BCUT2D eigenvalue weighted by molar-refractivity contribution is 0.102. The quantitative estimate of drug-likeness (QED) is 0.709. The number of hydrogen-bond donors (Lipinski definition) is 1. The fraction of sp³-hybridized carbons (Fsp3) is 0.158. The Morgan fingerprint density at radius 3 is 2.46 bits per heavy atom. The molecule has 0 fully saturated rings. The first-order valence-electron chi connectivity index (χ1n) is 7.68. The topological polar surface area (TPSA) is 46.9 Å². The van der Waals surface area contributed by atoms with E-state index in [1.807, 2.05) is 36.6 Å². The van der Waals surface area contributed by atoms with E-state index < -0.39 is 0 Å². The summed E-state index contributed by atoms with van der Waals surface area (Å²) in [4.78, 5) is 13.5. The van der Waals surface area contributed by atoms with E-state index in [1.54, 1.807) is 22.6 Å². The van der Waals surface area contributed by atoms with Crippen LogP contribution in [0.4, 0.5) is 5.82 Å². The van der Waals surface area contributed by atoms with Crippen LogP contribution >= 0.6 is 11.8 Å². The normalized spacial score (nSPS) is 10.6. The second-order valence-corrected chi connectivity index (χ2v) is 6.42. The molecule has 0 saturated carbocycles. The van der Waals surface area contributed by atoms with E-state index in [1.165, 1.54) is 5.56 Å². The molecule has 24 heavy (non-hydrogen) atoms. The number of nitrogens with zero attached hydrogens (tertiary/aromatic N) is 2. The van der Waals surface area contributed by atoms with Crippen LogP contribution in [0.25, 0.3) is 0 Å². The molecule has 2 aromatic carbocycles. The van der Waals surface area contributed by atoms with Crippen molar-refractivity contribution in [1.29, 1.82) is 0 Å². The fourth-order valence-corrected chi connectivity index (χ4v) is 2.77. The maximum absolute atomic E-state index is 12.4. The summed E-state index contributed by atoms with van der Waals surface area (Å²) >= 11 is 1.65. The minimum Gasteiger partial charge on any atom is -0.307 e. The molecule has 0 saturated heterocycles. The van der Waals surface area contributed by atoms with Crippen molar-refractivity contribution in [2.24, 2.45) is 0 Å². The number of amides is 1. The largest absolute Gasteiger partial charge is 0.307 e. The van der Waals surface area contributed by atoms with Crippen LogP contribution in [0.5, 0.6) is 0 Å². The first-order chi connectivity index (χ1) is 11.7. The van der Waals surface area contributed by atoms with Gasteiger partial charge in [-0.15, -0.1) is 11.8 Å². The van der Waals surface area contributed by atoms with Gasteiger partial charge in [0.1, 0.15) is 5.82 Å². The summed E-state index contributed by atoms with van der Waals surface area (Å²) in [5, 5.41) is 7.24. The van der Waals surface area contributed by atoms with Crippen LogP contribution in [0.15, 0.2) is 65.7 Å². The van der Waals surface area contributed by atoms with Crippen molar-refractivity contribution in [2.75, 3.05) is 11.6 Å². The van der Waals surface area contributed by atoms with Crippen molar-refractivity contribution >= 4 is 23.5 Å². The summed E-state index contributed by atoms with van der Waals surface area (Å²) in [6, 6.07) is 17.7. The third-order valence-corrected chi connectivity index (χ3v) is 4.51. The first-order valence-corrected chi connectivity index (χ1v) is 8.91. The second kappa shape index (κ2) is 7.36. The van der Waals surface area contributed by atoms with Crippen molar-refractivity contribution in [3.8, 4) is 0 Å². The highest BCUT2D eigenvalue weighted by Crippen LogP contribution is 2.16. The Balaban J connectivity index is 1.72. The van der Waals surface area contributed by atoms with Crippen molar-refractivity contribution in [2.45, 2.75) is 18.4 Å². The smallest absolute Gasteiger partial charge is 0.256 e. The molecule has 0 spiro atoms. The van der Waals surface area contributed by atoms with E-state index in [0.717, 1.165) is 10.5 Å². The second-order valence-electron chi connectivity index (χ2n) is 5.54. The number of aromatic nitrogens is 2. The number of aryl methyl sites for hydroxylation is 1. The standard InChI is InChI=1S/C19H19N3OS/c1-14-3-5-15(6-4-14)13-22-18(11-12-20-22)21-19(23)16-7-9-17(24-2)10-8-16/h3-12H,13H2,1-2H3,(H,21,23). The molecule has 0 aliphatic heterocycles. The molecule has 0 radical (unpaired) electrons. The zero-order chi connectivity index (χ0) is 16.9. The molecule has 1 heterocycles. The number of carbonyl (C=O) groups excluding carboxylic acids is 1. The Bertz CT molecular complexity index is 823. The number of hydrogen-bond acceptors (Lipinski definition) is 3. The molecule has 0 unspecified atom stereocenters. The third kappa shape index (κ3) is 3.86. The van der Waals surface area contributed by atoms with E-state index in [4.69, 9.17) is 0 Å². The van der Waals surface area contributed by atoms with Gasteiger partial charge in [-0.25, -0.2) is 4.68 Å². The highest BCUT2D eigenvalue weighted by molar-refractivity contribution is 7.98. The minimum absolute atomic E-state index is 0.131. The Labute approximate surface area is 145 Å². The summed E-state index contributed by atoms with van der Waals surface area (Å²) in [5.41, 5.74) is 3.00. The highest BCUT2D eigenvalue weighted by Gasteiger charge is 2.10. The van der Waals surface area contributed by atoms with Crippen LogP contribution in [-0.2, 0) is 6.54 Å². The van der Waals surface area contributed by atoms with Gasteiger partial charge in [-0.1, -0.05) is 29.8 Å². The van der Waals surface area contributed by atoms with E-state index in [-0.39, 0.29) is 5.91 Å². The summed E-state index contributed by atoms with van der Waals surface area (Å²) in [6.07, 6.45) is 3.71. The molecule has 4 nitrogen and oxygen atoms in total. The van der Waals surface area contributed by atoms with Gasteiger partial charge in [-0.2, -0.15) is 5.10 Å². The average molecular weight is 337 g/mol. The van der Waals surface area contributed by atoms with Crippen molar-refractivity contribution in [3.05, 3.63) is 77.5 Å². The van der Waals surface area contributed by atoms with Gasteiger partial charge in [0.2, 0.25) is 0 Å². The lowest BCUT2D eigenvalue weighted by Gasteiger charge is -2.10. The SMILES string of the molecule is CSc1ccc(C(=O)Nc2ccnn2Cc2ccc(C)cc2)cc1. The summed E-state index contributed by atoms with van der Waals surface area (Å²) < 4.78 is 1.79. The summed E-state index contributed by atoms with van der Waals surface area (Å²) in [5.74, 6) is 0.558. The molecule has 1 amide bonds. The zero-order valence-corrected chi connectivity index (χ0v) is 14.5. The van der Waals surface area contributed by atoms with Crippen molar-refractivity contribution < 1.29 is 4.79 Å². The molecule has 0 aliphatic carbocycles. The predicted molar refractivity (Wildman–Crippen MR) is 98.7 cm³/mol. The third-order valence-electron chi connectivity index (χ3n) is 3.76. The van der Waals surface area contributed by atoms with Crippen LogP contribution < -0.4 is 5.32 Å². The molecular weight excluding hydrogens is 318 g/mol. The van der Waals surface area contributed by atoms with Gasteiger partial charge in [0.25, 0.3) is 5.91 Å². The number of anilines is 1. The van der Waals surface area contributed by atoms with Crippen LogP contribution in [0.1, 0.15) is 21.5 Å². The van der Waals surface area contributed by atoms with Gasteiger partial charge < -0.3 is 5.32 Å². The number of carbonyl (C=O) groups is 1. The van der Waals surface area contributed by atoms with Gasteiger partial charge in [0.15, 0.2) is 0 Å². The molecule has 3 aromatic rings. The molecule has 5 heteroatoms. The Hall–Kier alpha value is -2.53. The van der Waals surface area contributed by atoms with Gasteiger partial charge in [0.05, 0.1) is 12.7 Å². The van der Waals surface area contributed by atoms with Crippen LogP contribution in [0.2, 0.25) is 0 Å². The number of benzene rings is 2. The van der Waals surface area contributed by atoms with Crippen LogP contribution in [0.3, 0.4) is 0 Å². The van der Waals surface area contributed by atoms with Crippen molar-refractivity contribution in [1.82, 2.24) is 9.78 Å². The molecule has 3 rings (SSSR count). The maximum Gasteiger partial charge on any atom is 0.256 e. The number of nitrogens with one attached hydrogen (secondary N) is 1. The summed E-state index contributed by atoms with van der Waals surface area (Å²) in [6.45, 7) is 2.68. The van der Waals surface area contributed by atoms with E-state index >= 15 is 0 Å². The Morgan fingerprint density at radius 1 is 1.08 bits per heavy atom. The molecule has 1 N–H and O–H groups in total. The van der Waals surface area contributed by atoms with E-state index in [9.17, 15) is 4.79 Å². The predicted octanol–water partition coefficient (Wildman–Crippen LogP) is 4.21. The molecular formula is C19H19N3OS. The molecule has 1 aromatic heterocycles. The molecule has 0 aliphatic rings. The molecule has 0 bridgehead atoms. The highest BCUT2D eigenvalue weighted by atomic mass is 32.2. The number of rotatable bonds is 5. The van der Waals surface area contributed by atoms with Gasteiger partial charge >= 0.3 is 0 Å². The monoisotopic (exact) mass is 337 g/mol. The first kappa shape index (κ1) is 16.3.